The molecule has 1 fully saturated rings. The van der Waals surface area contributed by atoms with Crippen LogP contribution in [0.15, 0.2) is 0 Å². The highest BCUT2D eigenvalue weighted by atomic mass is 32.2. The maximum absolute atomic E-state index is 11.5. The van der Waals surface area contributed by atoms with E-state index in [1.165, 1.54) is 4.31 Å². The summed E-state index contributed by atoms with van der Waals surface area (Å²) in [5.41, 5.74) is 0. The Labute approximate surface area is 105 Å². The fourth-order valence-electron chi connectivity index (χ4n) is 2.03. The molecule has 1 N–H and O–H groups in total. The van der Waals surface area contributed by atoms with Gasteiger partial charge in [-0.25, -0.2) is 12.7 Å². The van der Waals surface area contributed by atoms with E-state index in [4.69, 9.17) is 0 Å². The zero-order valence-electron chi connectivity index (χ0n) is 11.1. The fraction of sp³-hybridized carbons (Fsp3) is 1.00. The summed E-state index contributed by atoms with van der Waals surface area (Å²) in [6.45, 7) is 6.08. The third kappa shape index (κ3) is 4.91. The lowest BCUT2D eigenvalue weighted by Crippen LogP contribution is -2.44. The molecule has 102 valence electrons. The Hall–Kier alpha value is -0.170. The van der Waals surface area contributed by atoms with Gasteiger partial charge in [0.2, 0.25) is 10.0 Å². The first-order valence-corrected chi connectivity index (χ1v) is 7.92. The molecular weight excluding hydrogens is 238 g/mol. The van der Waals surface area contributed by atoms with Crippen LogP contribution in [0, 0.1) is 0 Å². The lowest BCUT2D eigenvalue weighted by Gasteiger charge is -2.31. The van der Waals surface area contributed by atoms with Gasteiger partial charge in [0.15, 0.2) is 0 Å². The van der Waals surface area contributed by atoms with Crippen molar-refractivity contribution in [2.24, 2.45) is 0 Å². The Balaban J connectivity index is 2.20. The van der Waals surface area contributed by atoms with Gasteiger partial charge in [0, 0.05) is 26.7 Å². The Kier molecular flexibility index (Phi) is 5.85. The van der Waals surface area contributed by atoms with Crippen LogP contribution in [0.4, 0.5) is 0 Å². The molecule has 0 aliphatic carbocycles. The Morgan fingerprint density at radius 2 is 1.88 bits per heavy atom. The van der Waals surface area contributed by atoms with Gasteiger partial charge in [0.05, 0.1) is 5.75 Å². The molecule has 1 saturated heterocycles. The van der Waals surface area contributed by atoms with Gasteiger partial charge < -0.3 is 10.2 Å². The predicted molar refractivity (Wildman–Crippen MR) is 70.6 cm³/mol. The summed E-state index contributed by atoms with van der Waals surface area (Å²) in [6.07, 6.45) is 2.24. The number of hydrogen-bond donors (Lipinski definition) is 1. The van der Waals surface area contributed by atoms with E-state index in [0.717, 1.165) is 32.5 Å². The summed E-state index contributed by atoms with van der Waals surface area (Å²) in [5, 5.41) is 3.34. The number of likely N-dealkylation sites (tertiary alicyclic amines) is 1. The van der Waals surface area contributed by atoms with Crippen molar-refractivity contribution in [3.63, 3.8) is 0 Å². The second-order valence-corrected chi connectivity index (χ2v) is 7.06. The van der Waals surface area contributed by atoms with Gasteiger partial charge in [-0.05, 0) is 32.5 Å². The van der Waals surface area contributed by atoms with E-state index in [2.05, 4.69) is 17.1 Å². The maximum Gasteiger partial charge on any atom is 0.214 e. The van der Waals surface area contributed by atoms with Crippen molar-refractivity contribution in [2.75, 3.05) is 46.0 Å². The monoisotopic (exact) mass is 263 g/mol. The van der Waals surface area contributed by atoms with E-state index in [9.17, 15) is 8.42 Å². The van der Waals surface area contributed by atoms with Gasteiger partial charge in [0.1, 0.15) is 0 Å². The third-order valence-corrected chi connectivity index (χ3v) is 5.22. The first-order valence-electron chi connectivity index (χ1n) is 6.31. The van der Waals surface area contributed by atoms with Gasteiger partial charge in [-0.1, -0.05) is 6.92 Å². The first-order chi connectivity index (χ1) is 7.95. The molecule has 0 radical (unpaired) electrons. The summed E-state index contributed by atoms with van der Waals surface area (Å²) >= 11 is 0. The van der Waals surface area contributed by atoms with Crippen LogP contribution in [0.3, 0.4) is 0 Å². The molecule has 1 aliphatic rings. The summed E-state index contributed by atoms with van der Waals surface area (Å²) in [7, 11) is 0.103. The van der Waals surface area contributed by atoms with Crippen molar-refractivity contribution in [1.29, 1.82) is 0 Å². The number of hydrogen-bond acceptors (Lipinski definition) is 4. The van der Waals surface area contributed by atoms with E-state index >= 15 is 0 Å². The second-order valence-electron chi connectivity index (χ2n) is 4.76. The van der Waals surface area contributed by atoms with Crippen molar-refractivity contribution >= 4 is 10.0 Å². The number of piperidine rings is 1. The van der Waals surface area contributed by atoms with Crippen molar-refractivity contribution in [2.45, 2.75) is 25.8 Å². The first kappa shape index (κ1) is 14.9. The minimum atomic E-state index is -3.05. The van der Waals surface area contributed by atoms with Gasteiger partial charge in [0.25, 0.3) is 0 Å². The Bertz CT molecular complexity index is 309. The summed E-state index contributed by atoms with van der Waals surface area (Å²) in [6, 6.07) is 0.482. The smallest absolute Gasteiger partial charge is 0.214 e. The number of nitrogens with one attached hydrogen (secondary N) is 1. The minimum Gasteiger partial charge on any atom is -0.313 e. The van der Waals surface area contributed by atoms with Gasteiger partial charge >= 0.3 is 0 Å². The molecule has 0 spiro atoms. The van der Waals surface area contributed by atoms with Crippen LogP contribution in [0.25, 0.3) is 0 Å². The van der Waals surface area contributed by atoms with Gasteiger partial charge in [-0.3, -0.25) is 0 Å². The van der Waals surface area contributed by atoms with Crippen LogP contribution in [-0.4, -0.2) is 69.7 Å². The molecule has 0 saturated carbocycles. The highest BCUT2D eigenvalue weighted by Crippen LogP contribution is 2.09. The minimum absolute atomic E-state index is 0.188. The van der Waals surface area contributed by atoms with E-state index in [0.29, 0.717) is 12.6 Å². The van der Waals surface area contributed by atoms with Gasteiger partial charge in [-0.15, -0.1) is 0 Å². The molecule has 1 rings (SSSR count). The Morgan fingerprint density at radius 1 is 1.29 bits per heavy atom. The molecule has 0 aromatic carbocycles. The maximum atomic E-state index is 11.5. The van der Waals surface area contributed by atoms with Crippen molar-refractivity contribution < 1.29 is 8.42 Å². The standard InChI is InChI=1S/C11H25N3O2S/c1-4-14-8-5-11(6-9-14)12-7-10-17(15,16)13(2)3/h11-12H,4-10H2,1-3H3. The second kappa shape index (κ2) is 6.68. The summed E-state index contributed by atoms with van der Waals surface area (Å²) in [4.78, 5) is 2.43. The zero-order chi connectivity index (χ0) is 12.9. The van der Waals surface area contributed by atoms with Crippen molar-refractivity contribution in [3.05, 3.63) is 0 Å². The third-order valence-electron chi connectivity index (χ3n) is 3.38. The lowest BCUT2D eigenvalue weighted by molar-refractivity contribution is 0.208. The normalized spacial score (nSPS) is 20.0. The van der Waals surface area contributed by atoms with E-state index in [-0.39, 0.29) is 5.75 Å². The number of nitrogens with zero attached hydrogens (tertiary/aromatic N) is 2. The van der Waals surface area contributed by atoms with Crippen LogP contribution in [0.5, 0.6) is 0 Å². The topological polar surface area (TPSA) is 52.7 Å². The molecule has 1 aliphatic heterocycles. The van der Waals surface area contributed by atoms with Crippen LogP contribution in [0.2, 0.25) is 0 Å². The molecule has 5 nitrogen and oxygen atoms in total. The number of rotatable bonds is 6. The average molecular weight is 263 g/mol. The van der Waals surface area contributed by atoms with Crippen molar-refractivity contribution in [1.82, 2.24) is 14.5 Å². The molecular formula is C11H25N3O2S. The number of sulfonamides is 1. The van der Waals surface area contributed by atoms with Crippen LogP contribution < -0.4 is 5.32 Å². The van der Waals surface area contributed by atoms with Gasteiger partial charge in [-0.2, -0.15) is 0 Å². The molecule has 0 amide bonds. The lowest BCUT2D eigenvalue weighted by atomic mass is 10.1. The molecule has 0 bridgehead atoms. The largest absolute Gasteiger partial charge is 0.313 e. The molecule has 1 heterocycles. The SMILES string of the molecule is CCN1CCC(NCCS(=O)(=O)N(C)C)CC1. The average Bonchev–Trinajstić information content (AvgIpc) is 2.29. The highest BCUT2D eigenvalue weighted by molar-refractivity contribution is 7.89. The van der Waals surface area contributed by atoms with Crippen molar-refractivity contribution in [3.8, 4) is 0 Å². The van der Waals surface area contributed by atoms with E-state index in [1.807, 2.05) is 0 Å². The van der Waals surface area contributed by atoms with Crippen LogP contribution >= 0.6 is 0 Å². The summed E-state index contributed by atoms with van der Waals surface area (Å²) in [5.74, 6) is 0.188. The van der Waals surface area contributed by atoms with Crippen LogP contribution in [0.1, 0.15) is 19.8 Å². The van der Waals surface area contributed by atoms with Crippen LogP contribution in [-0.2, 0) is 10.0 Å². The molecule has 17 heavy (non-hydrogen) atoms. The molecule has 0 unspecified atom stereocenters. The highest BCUT2D eigenvalue weighted by Gasteiger charge is 2.19. The molecule has 0 aromatic heterocycles. The predicted octanol–water partition coefficient (Wildman–Crippen LogP) is -0.0483. The van der Waals surface area contributed by atoms with E-state index < -0.39 is 10.0 Å². The van der Waals surface area contributed by atoms with E-state index in [1.54, 1.807) is 14.1 Å². The quantitative estimate of drug-likeness (QED) is 0.730. The zero-order valence-corrected chi connectivity index (χ0v) is 12.0. The molecule has 6 heteroatoms. The fourth-order valence-corrected chi connectivity index (χ4v) is 2.77. The molecule has 0 atom stereocenters. The summed E-state index contributed by atoms with van der Waals surface area (Å²) < 4.78 is 24.4. The molecule has 0 aromatic rings. The Morgan fingerprint density at radius 3 is 2.35 bits per heavy atom.